The maximum atomic E-state index is 12.6. The normalized spacial score (nSPS) is 27.6. The molecule has 2 rings (SSSR count). The van der Waals surface area contributed by atoms with Crippen LogP contribution in [0.3, 0.4) is 0 Å². The van der Waals surface area contributed by atoms with E-state index in [0.717, 1.165) is 38.8 Å². The highest BCUT2D eigenvalue weighted by molar-refractivity contribution is 5.76. The van der Waals surface area contributed by atoms with Gasteiger partial charge in [0.15, 0.2) is 0 Å². The average Bonchev–Trinajstić information content (AvgIpc) is 2.46. The molecule has 2 amide bonds. The molecule has 2 aliphatic heterocycles. The summed E-state index contributed by atoms with van der Waals surface area (Å²) < 4.78 is 0. The van der Waals surface area contributed by atoms with E-state index in [1.54, 1.807) is 13.8 Å². The molecular formula is C15H27N3O3. The number of hydrogen-bond donors (Lipinski definition) is 2. The summed E-state index contributed by atoms with van der Waals surface area (Å²) >= 11 is 0. The number of carboxylic acids is 1. The number of nitrogens with zero attached hydrogens (tertiary/aromatic N) is 2. The van der Waals surface area contributed by atoms with Crippen molar-refractivity contribution in [1.82, 2.24) is 9.80 Å². The molecule has 0 aliphatic carbocycles. The van der Waals surface area contributed by atoms with Crippen LogP contribution in [0.4, 0.5) is 4.79 Å². The third-order valence-corrected chi connectivity index (χ3v) is 4.99. The van der Waals surface area contributed by atoms with Crippen molar-refractivity contribution in [3.8, 4) is 0 Å². The van der Waals surface area contributed by atoms with Crippen LogP contribution in [0.5, 0.6) is 0 Å². The third-order valence-electron chi connectivity index (χ3n) is 4.99. The van der Waals surface area contributed by atoms with Gasteiger partial charge in [-0.2, -0.15) is 0 Å². The molecule has 6 nitrogen and oxygen atoms in total. The predicted molar refractivity (Wildman–Crippen MR) is 79.9 cm³/mol. The van der Waals surface area contributed by atoms with Crippen molar-refractivity contribution in [3.63, 3.8) is 0 Å². The number of amides is 2. The largest absolute Gasteiger partial charge is 0.481 e. The van der Waals surface area contributed by atoms with Crippen LogP contribution in [0.1, 0.15) is 39.5 Å². The molecular weight excluding hydrogens is 270 g/mol. The molecule has 120 valence electrons. The Kier molecular flexibility index (Phi) is 4.76. The van der Waals surface area contributed by atoms with Gasteiger partial charge < -0.3 is 20.6 Å². The number of nitrogens with two attached hydrogens (primary N) is 1. The number of aliphatic carboxylic acids is 1. The molecule has 2 atom stereocenters. The van der Waals surface area contributed by atoms with Gasteiger partial charge in [-0.1, -0.05) is 0 Å². The molecule has 0 bridgehead atoms. The van der Waals surface area contributed by atoms with Crippen LogP contribution in [0, 0.1) is 11.3 Å². The zero-order valence-corrected chi connectivity index (χ0v) is 13.0. The third kappa shape index (κ3) is 3.48. The minimum absolute atomic E-state index is 0.00571. The molecule has 21 heavy (non-hydrogen) atoms. The minimum atomic E-state index is -0.794. The van der Waals surface area contributed by atoms with Crippen LogP contribution in [-0.2, 0) is 4.79 Å². The molecule has 0 aromatic heterocycles. The van der Waals surface area contributed by atoms with Crippen molar-refractivity contribution in [2.45, 2.75) is 45.6 Å². The summed E-state index contributed by atoms with van der Waals surface area (Å²) in [6.07, 6.45) is 3.65. The summed E-state index contributed by atoms with van der Waals surface area (Å²) in [6, 6.07) is 0.0924. The molecule has 0 aromatic rings. The van der Waals surface area contributed by atoms with Gasteiger partial charge in [-0.25, -0.2) is 4.79 Å². The summed E-state index contributed by atoms with van der Waals surface area (Å²) in [7, 11) is 0. The lowest BCUT2D eigenvalue weighted by molar-refractivity contribution is -0.151. The Balaban J connectivity index is 2.00. The van der Waals surface area contributed by atoms with E-state index in [9.17, 15) is 14.7 Å². The number of hydrogen-bond acceptors (Lipinski definition) is 3. The van der Waals surface area contributed by atoms with Crippen LogP contribution in [0.25, 0.3) is 0 Å². The molecule has 3 N–H and O–H groups in total. The number of carbonyl (C=O) groups excluding carboxylic acids is 1. The molecule has 2 fully saturated rings. The van der Waals surface area contributed by atoms with Crippen LogP contribution in [0.15, 0.2) is 0 Å². The Morgan fingerprint density at radius 2 is 1.67 bits per heavy atom. The molecule has 0 spiro atoms. The molecule has 0 saturated carbocycles. The van der Waals surface area contributed by atoms with E-state index < -0.39 is 11.4 Å². The molecule has 6 heteroatoms. The van der Waals surface area contributed by atoms with E-state index in [2.05, 4.69) is 0 Å². The quantitative estimate of drug-likeness (QED) is 0.805. The predicted octanol–water partition coefficient (Wildman–Crippen LogP) is 1.35. The smallest absolute Gasteiger partial charge is 0.320 e. The summed E-state index contributed by atoms with van der Waals surface area (Å²) in [4.78, 5) is 27.6. The van der Waals surface area contributed by atoms with Gasteiger partial charge in [-0.3, -0.25) is 4.79 Å². The van der Waals surface area contributed by atoms with Crippen molar-refractivity contribution in [2.75, 3.05) is 26.2 Å². The first kappa shape index (κ1) is 16.1. The Hall–Kier alpha value is -1.30. The summed E-state index contributed by atoms with van der Waals surface area (Å²) in [5, 5.41) is 9.37. The van der Waals surface area contributed by atoms with Crippen LogP contribution in [-0.4, -0.2) is 59.1 Å². The number of piperidine rings is 2. The van der Waals surface area contributed by atoms with Crippen molar-refractivity contribution >= 4 is 12.0 Å². The molecule has 2 heterocycles. The van der Waals surface area contributed by atoms with Gasteiger partial charge in [-0.05, 0) is 45.4 Å². The number of carboxylic acid groups (broad SMARTS) is 1. The molecule has 2 saturated heterocycles. The second kappa shape index (κ2) is 6.22. The zero-order valence-electron chi connectivity index (χ0n) is 13.0. The average molecular weight is 297 g/mol. The fourth-order valence-electron chi connectivity index (χ4n) is 3.30. The highest BCUT2D eigenvalue weighted by atomic mass is 16.4. The lowest BCUT2D eigenvalue weighted by atomic mass is 9.74. The number of likely N-dealkylation sites (tertiary alicyclic amines) is 2. The second-order valence-corrected chi connectivity index (χ2v) is 6.94. The summed E-state index contributed by atoms with van der Waals surface area (Å²) in [6.45, 7) is 6.13. The van der Waals surface area contributed by atoms with Gasteiger partial charge >= 0.3 is 12.0 Å². The SMILES string of the molecule is CC(C)(C(=O)O)C1CCCN(C(=O)N2CCCC(N)C2)C1. The van der Waals surface area contributed by atoms with Gasteiger partial charge in [0.05, 0.1) is 5.41 Å². The highest BCUT2D eigenvalue weighted by Gasteiger charge is 2.40. The van der Waals surface area contributed by atoms with Gasteiger partial charge in [-0.15, -0.1) is 0 Å². The summed E-state index contributed by atoms with van der Waals surface area (Å²) in [5.74, 6) is -0.784. The van der Waals surface area contributed by atoms with E-state index in [1.807, 2.05) is 9.80 Å². The lowest BCUT2D eigenvalue weighted by Crippen LogP contribution is -2.54. The first-order chi connectivity index (χ1) is 9.82. The van der Waals surface area contributed by atoms with Crippen LogP contribution >= 0.6 is 0 Å². The number of urea groups is 1. The van der Waals surface area contributed by atoms with E-state index in [1.165, 1.54) is 0 Å². The maximum absolute atomic E-state index is 12.6. The zero-order chi connectivity index (χ0) is 15.6. The molecule has 2 aliphatic rings. The van der Waals surface area contributed by atoms with Crippen molar-refractivity contribution in [3.05, 3.63) is 0 Å². The number of carbonyl (C=O) groups is 2. The van der Waals surface area contributed by atoms with E-state index in [4.69, 9.17) is 5.73 Å². The Morgan fingerprint density at radius 1 is 1.10 bits per heavy atom. The Morgan fingerprint density at radius 3 is 2.24 bits per heavy atom. The summed E-state index contributed by atoms with van der Waals surface area (Å²) in [5.41, 5.74) is 5.14. The van der Waals surface area contributed by atoms with Crippen molar-refractivity contribution < 1.29 is 14.7 Å². The number of rotatable bonds is 2. The van der Waals surface area contributed by atoms with E-state index >= 15 is 0 Å². The highest BCUT2D eigenvalue weighted by Crippen LogP contribution is 2.34. The van der Waals surface area contributed by atoms with Crippen molar-refractivity contribution in [2.24, 2.45) is 17.1 Å². The lowest BCUT2D eigenvalue weighted by Gasteiger charge is -2.42. The first-order valence-electron chi connectivity index (χ1n) is 7.85. The van der Waals surface area contributed by atoms with Crippen molar-refractivity contribution in [1.29, 1.82) is 0 Å². The molecule has 0 aromatic carbocycles. The van der Waals surface area contributed by atoms with Gasteiger partial charge in [0.1, 0.15) is 0 Å². The van der Waals surface area contributed by atoms with Crippen LogP contribution in [0.2, 0.25) is 0 Å². The standard InChI is InChI=1S/C15H27N3O3/c1-15(2,13(19)20)11-5-3-7-17(9-11)14(21)18-8-4-6-12(16)10-18/h11-12H,3-10,16H2,1-2H3,(H,19,20). The first-order valence-corrected chi connectivity index (χ1v) is 7.85. The molecule has 0 radical (unpaired) electrons. The van der Waals surface area contributed by atoms with Gasteiger partial charge in [0.25, 0.3) is 0 Å². The fourth-order valence-corrected chi connectivity index (χ4v) is 3.30. The minimum Gasteiger partial charge on any atom is -0.481 e. The van der Waals surface area contributed by atoms with E-state index in [0.29, 0.717) is 13.1 Å². The Labute approximate surface area is 126 Å². The fraction of sp³-hybridized carbons (Fsp3) is 0.867. The van der Waals surface area contributed by atoms with Gasteiger partial charge in [0, 0.05) is 32.2 Å². The van der Waals surface area contributed by atoms with Gasteiger partial charge in [0.2, 0.25) is 0 Å². The Bertz CT molecular complexity index is 411. The van der Waals surface area contributed by atoms with Crippen LogP contribution < -0.4 is 5.73 Å². The monoisotopic (exact) mass is 297 g/mol. The topological polar surface area (TPSA) is 86.9 Å². The second-order valence-electron chi connectivity index (χ2n) is 6.94. The maximum Gasteiger partial charge on any atom is 0.320 e. The van der Waals surface area contributed by atoms with E-state index in [-0.39, 0.29) is 18.0 Å². The molecule has 2 unspecified atom stereocenters.